The highest BCUT2D eigenvalue weighted by atomic mass is 16.6. The van der Waals surface area contributed by atoms with Crippen LogP contribution < -0.4 is 9.47 Å². The minimum atomic E-state index is -0.706. The van der Waals surface area contributed by atoms with Gasteiger partial charge in [-0.1, -0.05) is 6.07 Å². The highest BCUT2D eigenvalue weighted by Gasteiger charge is 2.52. The molecule has 7 heteroatoms. The van der Waals surface area contributed by atoms with E-state index in [1.54, 1.807) is 18.2 Å². The molecule has 4 rings (SSSR count). The van der Waals surface area contributed by atoms with Crippen molar-refractivity contribution in [2.75, 3.05) is 20.7 Å². The van der Waals surface area contributed by atoms with Crippen LogP contribution in [0.2, 0.25) is 0 Å². The first kappa shape index (κ1) is 19.4. The summed E-state index contributed by atoms with van der Waals surface area (Å²) in [7, 11) is 3.56. The molecule has 7 nitrogen and oxygen atoms in total. The predicted molar refractivity (Wildman–Crippen MR) is 104 cm³/mol. The summed E-state index contributed by atoms with van der Waals surface area (Å²) in [6.07, 6.45) is 4.65. The van der Waals surface area contributed by atoms with E-state index in [1.165, 1.54) is 21.0 Å². The normalized spacial score (nSPS) is 25.2. The van der Waals surface area contributed by atoms with Crippen LogP contribution in [0.3, 0.4) is 0 Å². The summed E-state index contributed by atoms with van der Waals surface area (Å²) in [5.74, 6) is -0.516. The summed E-state index contributed by atoms with van der Waals surface area (Å²) in [5.41, 5.74) is 2.05. The van der Waals surface area contributed by atoms with Gasteiger partial charge in [0, 0.05) is 30.9 Å². The number of allylic oxidation sites excluding steroid dienone is 2. The molecule has 1 fully saturated rings. The molecule has 0 radical (unpaired) electrons. The predicted octanol–water partition coefficient (Wildman–Crippen LogP) is 2.07. The molecule has 1 aliphatic heterocycles. The van der Waals surface area contributed by atoms with Gasteiger partial charge in [-0.3, -0.25) is 19.3 Å². The van der Waals surface area contributed by atoms with E-state index in [-0.39, 0.29) is 17.6 Å². The SMILES string of the molecule is COc1ccc2c(c1OC(C)=O)C13C=C(OC(C)=O)C(=O)C=C1C(C2)N(C)CC3. The van der Waals surface area contributed by atoms with Gasteiger partial charge in [0.05, 0.1) is 7.11 Å². The fraction of sp³-hybridized carbons (Fsp3) is 0.409. The third kappa shape index (κ3) is 2.97. The second-order valence-electron chi connectivity index (χ2n) is 7.71. The zero-order valence-corrected chi connectivity index (χ0v) is 16.9. The molecule has 0 amide bonds. The average Bonchev–Trinajstić information content (AvgIpc) is 2.64. The molecular formula is C22H23NO6. The zero-order chi connectivity index (χ0) is 20.9. The largest absolute Gasteiger partial charge is 0.493 e. The Balaban J connectivity index is 2.02. The number of hydrogen-bond acceptors (Lipinski definition) is 7. The number of piperidine rings is 1. The maximum absolute atomic E-state index is 12.7. The monoisotopic (exact) mass is 397 g/mol. The molecular weight excluding hydrogens is 374 g/mol. The quantitative estimate of drug-likeness (QED) is 0.570. The molecule has 152 valence electrons. The van der Waals surface area contributed by atoms with Crippen LogP contribution in [0.25, 0.3) is 0 Å². The smallest absolute Gasteiger partial charge is 0.308 e. The molecule has 0 N–H and O–H groups in total. The third-order valence-electron chi connectivity index (χ3n) is 5.96. The van der Waals surface area contributed by atoms with Crippen molar-refractivity contribution in [2.45, 2.75) is 38.1 Å². The lowest BCUT2D eigenvalue weighted by Gasteiger charge is -2.52. The minimum Gasteiger partial charge on any atom is -0.493 e. The minimum absolute atomic E-state index is 0.00833. The second kappa shape index (κ2) is 6.84. The van der Waals surface area contributed by atoms with E-state index in [1.807, 2.05) is 13.1 Å². The van der Waals surface area contributed by atoms with Gasteiger partial charge in [-0.25, -0.2) is 0 Å². The number of fused-ring (bicyclic) bond motifs is 1. The first-order valence-electron chi connectivity index (χ1n) is 9.53. The van der Waals surface area contributed by atoms with E-state index in [0.29, 0.717) is 24.3 Å². The molecule has 0 spiro atoms. The lowest BCUT2D eigenvalue weighted by atomic mass is 9.58. The molecule has 2 aliphatic carbocycles. The van der Waals surface area contributed by atoms with Crippen molar-refractivity contribution in [3.8, 4) is 11.5 Å². The highest BCUT2D eigenvalue weighted by Crippen LogP contribution is 2.56. The third-order valence-corrected chi connectivity index (χ3v) is 5.96. The Morgan fingerprint density at radius 1 is 1.17 bits per heavy atom. The Kier molecular flexibility index (Phi) is 4.58. The van der Waals surface area contributed by atoms with Gasteiger partial charge in [0.25, 0.3) is 0 Å². The molecule has 1 heterocycles. The maximum Gasteiger partial charge on any atom is 0.308 e. The Labute approximate surface area is 168 Å². The molecule has 2 atom stereocenters. The van der Waals surface area contributed by atoms with Gasteiger partial charge >= 0.3 is 11.9 Å². The van der Waals surface area contributed by atoms with Crippen LogP contribution >= 0.6 is 0 Å². The molecule has 1 aromatic carbocycles. The van der Waals surface area contributed by atoms with Gasteiger partial charge in [-0.05, 0) is 55.8 Å². The van der Waals surface area contributed by atoms with Gasteiger partial charge in [-0.2, -0.15) is 0 Å². The number of benzene rings is 1. The van der Waals surface area contributed by atoms with Gasteiger partial charge < -0.3 is 14.2 Å². The van der Waals surface area contributed by atoms with Crippen molar-refractivity contribution in [3.63, 3.8) is 0 Å². The number of hydrogen-bond donors (Lipinski definition) is 0. The van der Waals surface area contributed by atoms with Crippen LogP contribution in [0, 0.1) is 0 Å². The Morgan fingerprint density at radius 3 is 2.55 bits per heavy atom. The summed E-state index contributed by atoms with van der Waals surface area (Å²) < 4.78 is 16.3. The van der Waals surface area contributed by atoms with Gasteiger partial charge in [0.15, 0.2) is 17.3 Å². The molecule has 1 saturated heterocycles. The summed E-state index contributed by atoms with van der Waals surface area (Å²) >= 11 is 0. The van der Waals surface area contributed by atoms with Crippen molar-refractivity contribution in [1.82, 2.24) is 4.90 Å². The fourth-order valence-corrected chi connectivity index (χ4v) is 4.79. The second-order valence-corrected chi connectivity index (χ2v) is 7.71. The highest BCUT2D eigenvalue weighted by molar-refractivity contribution is 6.06. The number of likely N-dealkylation sites (tertiary alicyclic amines) is 1. The van der Waals surface area contributed by atoms with Crippen molar-refractivity contribution in [3.05, 3.63) is 46.7 Å². The average molecular weight is 397 g/mol. The zero-order valence-electron chi connectivity index (χ0n) is 16.9. The maximum atomic E-state index is 12.7. The van der Waals surface area contributed by atoms with Gasteiger partial charge in [-0.15, -0.1) is 0 Å². The number of esters is 2. The Hall–Kier alpha value is -2.93. The van der Waals surface area contributed by atoms with E-state index >= 15 is 0 Å². The Bertz CT molecular complexity index is 991. The molecule has 0 saturated carbocycles. The van der Waals surface area contributed by atoms with Crippen LogP contribution in [-0.4, -0.2) is 49.4 Å². The molecule has 1 aromatic rings. The van der Waals surface area contributed by atoms with Gasteiger partial charge in [0.2, 0.25) is 5.78 Å². The summed E-state index contributed by atoms with van der Waals surface area (Å²) in [6, 6.07) is 3.80. The number of methoxy groups -OCH3 is 1. The number of ketones is 1. The number of carbonyl (C=O) groups excluding carboxylic acids is 3. The van der Waals surface area contributed by atoms with E-state index in [4.69, 9.17) is 14.2 Å². The topological polar surface area (TPSA) is 82.1 Å². The van der Waals surface area contributed by atoms with Crippen molar-refractivity contribution < 1.29 is 28.6 Å². The lowest BCUT2D eigenvalue weighted by molar-refractivity contribution is -0.139. The standard InChI is InChI=1S/C22H23NO6/c1-12(24)28-19-11-22-7-8-23(3)16(15(22)10-17(19)26)9-14-5-6-18(27-4)21(20(14)22)29-13(2)25/h5-6,10-11,16H,7-9H2,1-4H3. The molecule has 2 unspecified atom stereocenters. The molecule has 3 aliphatic rings. The molecule has 0 aromatic heterocycles. The van der Waals surface area contributed by atoms with Crippen LogP contribution in [0.4, 0.5) is 0 Å². The first-order valence-corrected chi connectivity index (χ1v) is 9.53. The van der Waals surface area contributed by atoms with Crippen LogP contribution in [0.15, 0.2) is 35.6 Å². The number of rotatable bonds is 3. The number of nitrogens with zero attached hydrogens (tertiary/aromatic N) is 1. The summed E-state index contributed by atoms with van der Waals surface area (Å²) in [6.45, 7) is 3.39. The lowest BCUT2D eigenvalue weighted by Crippen LogP contribution is -2.54. The Morgan fingerprint density at radius 2 is 1.90 bits per heavy atom. The summed E-state index contributed by atoms with van der Waals surface area (Å²) in [4.78, 5) is 38.3. The number of carbonyl (C=O) groups is 3. The van der Waals surface area contributed by atoms with Crippen LogP contribution in [-0.2, 0) is 31.0 Å². The van der Waals surface area contributed by atoms with Crippen molar-refractivity contribution in [2.24, 2.45) is 0 Å². The van der Waals surface area contributed by atoms with Crippen LogP contribution in [0.1, 0.15) is 31.4 Å². The first-order chi connectivity index (χ1) is 13.8. The fourth-order valence-electron chi connectivity index (χ4n) is 4.79. The van der Waals surface area contributed by atoms with E-state index in [2.05, 4.69) is 4.90 Å². The van der Waals surface area contributed by atoms with Crippen molar-refractivity contribution in [1.29, 1.82) is 0 Å². The van der Waals surface area contributed by atoms with E-state index in [9.17, 15) is 14.4 Å². The van der Waals surface area contributed by atoms with E-state index < -0.39 is 17.4 Å². The molecule has 29 heavy (non-hydrogen) atoms. The molecule has 2 bridgehead atoms. The van der Waals surface area contributed by atoms with Crippen LogP contribution in [0.5, 0.6) is 11.5 Å². The number of likely N-dealkylation sites (N-methyl/N-ethyl adjacent to an activating group) is 1. The van der Waals surface area contributed by atoms with Gasteiger partial charge in [0.1, 0.15) is 0 Å². The number of ether oxygens (including phenoxy) is 3. The summed E-state index contributed by atoms with van der Waals surface area (Å²) in [5, 5.41) is 0. The van der Waals surface area contributed by atoms with Crippen molar-refractivity contribution >= 4 is 17.7 Å². The van der Waals surface area contributed by atoms with E-state index in [0.717, 1.165) is 23.2 Å².